The molecular weight excluding hydrogens is 186 g/mol. The van der Waals surface area contributed by atoms with Gasteiger partial charge in [-0.3, -0.25) is 0 Å². The average molecular weight is 213 g/mol. The lowest BCUT2D eigenvalue weighted by Gasteiger charge is -2.35. The summed E-state index contributed by atoms with van der Waals surface area (Å²) in [5.74, 6) is 0.803. The van der Waals surface area contributed by atoms with Crippen molar-refractivity contribution in [3.8, 4) is 0 Å². The van der Waals surface area contributed by atoms with Crippen LogP contribution in [0, 0.1) is 5.92 Å². The van der Waals surface area contributed by atoms with Gasteiger partial charge < -0.3 is 15.5 Å². The zero-order chi connectivity index (χ0) is 11.5. The van der Waals surface area contributed by atoms with Gasteiger partial charge in [0.25, 0.3) is 0 Å². The number of nitrogens with zero attached hydrogens (tertiary/aromatic N) is 2. The molecule has 0 aliphatic carbocycles. The van der Waals surface area contributed by atoms with Crippen molar-refractivity contribution in [3.63, 3.8) is 0 Å². The first kappa shape index (κ1) is 12.9. The highest BCUT2D eigenvalue weighted by Crippen LogP contribution is 2.25. The fraction of sp³-hybridized carbons (Fsp3) is 1.00. The first-order valence-corrected chi connectivity index (χ1v) is 6.10. The lowest BCUT2D eigenvalue weighted by atomic mass is 9.97. The van der Waals surface area contributed by atoms with Crippen molar-refractivity contribution >= 4 is 0 Å². The van der Waals surface area contributed by atoms with Crippen LogP contribution >= 0.6 is 0 Å². The molecule has 1 heterocycles. The van der Waals surface area contributed by atoms with Crippen molar-refractivity contribution < 1.29 is 0 Å². The van der Waals surface area contributed by atoms with Gasteiger partial charge in [-0.15, -0.1) is 0 Å². The second-order valence-corrected chi connectivity index (χ2v) is 5.53. The van der Waals surface area contributed by atoms with Crippen molar-refractivity contribution in [1.82, 2.24) is 9.80 Å². The Morgan fingerprint density at radius 1 is 1.40 bits per heavy atom. The molecular formula is C12H27N3. The van der Waals surface area contributed by atoms with Crippen LogP contribution in [-0.4, -0.2) is 55.6 Å². The zero-order valence-electron chi connectivity index (χ0n) is 10.8. The maximum absolute atomic E-state index is 5.92. The molecule has 1 atom stereocenters. The number of nitrogens with two attached hydrogens (primary N) is 1. The van der Waals surface area contributed by atoms with Crippen molar-refractivity contribution in [2.75, 3.05) is 40.3 Å². The van der Waals surface area contributed by atoms with Crippen LogP contribution in [0.5, 0.6) is 0 Å². The number of hydrogen-bond donors (Lipinski definition) is 1. The normalized spacial score (nSPS) is 28.2. The maximum atomic E-state index is 5.92. The van der Waals surface area contributed by atoms with Crippen LogP contribution in [-0.2, 0) is 0 Å². The van der Waals surface area contributed by atoms with Gasteiger partial charge >= 0.3 is 0 Å². The number of likely N-dealkylation sites (tertiary alicyclic amines) is 1. The van der Waals surface area contributed by atoms with Crippen molar-refractivity contribution in [1.29, 1.82) is 0 Å². The van der Waals surface area contributed by atoms with E-state index in [0.717, 1.165) is 19.0 Å². The van der Waals surface area contributed by atoms with E-state index in [1.807, 2.05) is 0 Å². The van der Waals surface area contributed by atoms with E-state index in [0.29, 0.717) is 0 Å². The summed E-state index contributed by atoms with van der Waals surface area (Å²) in [5, 5.41) is 0. The molecule has 1 fully saturated rings. The number of rotatable bonds is 5. The topological polar surface area (TPSA) is 32.5 Å². The maximum Gasteiger partial charge on any atom is 0.0464 e. The third kappa shape index (κ3) is 3.16. The smallest absolute Gasteiger partial charge is 0.0464 e. The van der Waals surface area contributed by atoms with Crippen LogP contribution in [0.3, 0.4) is 0 Å². The quantitative estimate of drug-likeness (QED) is 0.739. The molecule has 3 nitrogen and oxygen atoms in total. The Hall–Kier alpha value is -0.120. The Balaban J connectivity index is 2.43. The molecule has 15 heavy (non-hydrogen) atoms. The van der Waals surface area contributed by atoms with E-state index in [-0.39, 0.29) is 5.54 Å². The standard InChI is InChI=1S/C12H27N3/c1-11(2)5-7-15-8-6-12(9-13,10-15)14(3)4/h11H,5-10,13H2,1-4H3. The fourth-order valence-corrected chi connectivity index (χ4v) is 2.29. The van der Waals surface area contributed by atoms with Gasteiger partial charge in [0.15, 0.2) is 0 Å². The molecule has 0 spiro atoms. The number of likely N-dealkylation sites (N-methyl/N-ethyl adjacent to an activating group) is 1. The predicted molar refractivity (Wildman–Crippen MR) is 66.0 cm³/mol. The Kier molecular flexibility index (Phi) is 4.56. The van der Waals surface area contributed by atoms with Crippen molar-refractivity contribution in [3.05, 3.63) is 0 Å². The summed E-state index contributed by atoms with van der Waals surface area (Å²) in [7, 11) is 4.30. The molecule has 1 unspecified atom stereocenters. The highest BCUT2D eigenvalue weighted by molar-refractivity contribution is 4.97. The molecule has 0 saturated carbocycles. The van der Waals surface area contributed by atoms with Crippen molar-refractivity contribution in [2.45, 2.75) is 32.2 Å². The largest absolute Gasteiger partial charge is 0.329 e. The zero-order valence-corrected chi connectivity index (χ0v) is 10.8. The lowest BCUT2D eigenvalue weighted by Crippen LogP contribution is -2.52. The van der Waals surface area contributed by atoms with Gasteiger partial charge in [0.05, 0.1) is 0 Å². The van der Waals surface area contributed by atoms with Gasteiger partial charge in [0.1, 0.15) is 0 Å². The van der Waals surface area contributed by atoms with Crippen LogP contribution in [0.25, 0.3) is 0 Å². The van der Waals surface area contributed by atoms with Gasteiger partial charge in [-0.25, -0.2) is 0 Å². The van der Waals surface area contributed by atoms with E-state index in [2.05, 4.69) is 37.7 Å². The molecule has 0 aromatic carbocycles. The minimum Gasteiger partial charge on any atom is -0.329 e. The second-order valence-electron chi connectivity index (χ2n) is 5.53. The lowest BCUT2D eigenvalue weighted by molar-refractivity contribution is 0.159. The monoisotopic (exact) mass is 213 g/mol. The molecule has 3 heteroatoms. The molecule has 0 radical (unpaired) electrons. The van der Waals surface area contributed by atoms with Crippen molar-refractivity contribution in [2.24, 2.45) is 11.7 Å². The Bertz CT molecular complexity index is 191. The Morgan fingerprint density at radius 3 is 2.47 bits per heavy atom. The molecule has 0 aromatic heterocycles. The van der Waals surface area contributed by atoms with E-state index in [1.54, 1.807) is 0 Å². The molecule has 2 N–H and O–H groups in total. The van der Waals surface area contributed by atoms with E-state index >= 15 is 0 Å². The average Bonchev–Trinajstić information content (AvgIpc) is 2.59. The minimum absolute atomic E-state index is 0.233. The third-order valence-corrected chi connectivity index (χ3v) is 3.76. The van der Waals surface area contributed by atoms with Crippen LogP contribution in [0.2, 0.25) is 0 Å². The molecule has 1 saturated heterocycles. The Labute approximate surface area is 94.6 Å². The van der Waals surface area contributed by atoms with Gasteiger partial charge in [-0.1, -0.05) is 13.8 Å². The van der Waals surface area contributed by atoms with E-state index < -0.39 is 0 Å². The van der Waals surface area contributed by atoms with Crippen LogP contribution in [0.4, 0.5) is 0 Å². The highest BCUT2D eigenvalue weighted by atomic mass is 15.3. The van der Waals surface area contributed by atoms with Gasteiger partial charge in [-0.05, 0) is 39.4 Å². The summed E-state index contributed by atoms with van der Waals surface area (Å²) >= 11 is 0. The van der Waals surface area contributed by atoms with Gasteiger partial charge in [-0.2, -0.15) is 0 Å². The van der Waals surface area contributed by atoms with E-state index in [1.165, 1.54) is 25.9 Å². The molecule has 1 aliphatic rings. The number of hydrogen-bond acceptors (Lipinski definition) is 3. The van der Waals surface area contributed by atoms with Gasteiger partial charge in [0, 0.05) is 25.2 Å². The molecule has 1 aliphatic heterocycles. The third-order valence-electron chi connectivity index (χ3n) is 3.76. The van der Waals surface area contributed by atoms with E-state index in [4.69, 9.17) is 5.73 Å². The molecule has 1 rings (SSSR count). The first-order chi connectivity index (χ1) is 7.00. The predicted octanol–water partition coefficient (Wildman–Crippen LogP) is 0.997. The van der Waals surface area contributed by atoms with Gasteiger partial charge in [0.2, 0.25) is 0 Å². The molecule has 90 valence electrons. The fourth-order valence-electron chi connectivity index (χ4n) is 2.29. The van der Waals surface area contributed by atoms with Crippen LogP contribution < -0.4 is 5.73 Å². The highest BCUT2D eigenvalue weighted by Gasteiger charge is 2.38. The molecule has 0 aromatic rings. The van der Waals surface area contributed by atoms with Crippen LogP contribution in [0.15, 0.2) is 0 Å². The summed E-state index contributed by atoms with van der Waals surface area (Å²) in [4.78, 5) is 4.87. The summed E-state index contributed by atoms with van der Waals surface area (Å²) in [5.41, 5.74) is 6.15. The molecule has 0 amide bonds. The van der Waals surface area contributed by atoms with E-state index in [9.17, 15) is 0 Å². The SMILES string of the molecule is CC(C)CCN1CCC(CN)(N(C)C)C1. The Morgan fingerprint density at radius 2 is 2.07 bits per heavy atom. The summed E-state index contributed by atoms with van der Waals surface area (Å²) in [6.07, 6.45) is 2.52. The second kappa shape index (κ2) is 5.28. The minimum atomic E-state index is 0.233. The first-order valence-electron chi connectivity index (χ1n) is 6.10. The summed E-state index contributed by atoms with van der Waals surface area (Å²) < 4.78 is 0. The summed E-state index contributed by atoms with van der Waals surface area (Å²) in [6, 6.07) is 0. The van der Waals surface area contributed by atoms with Crippen LogP contribution in [0.1, 0.15) is 26.7 Å². The molecule has 0 bridgehead atoms. The summed E-state index contributed by atoms with van der Waals surface area (Å²) in [6.45, 7) is 8.94.